The topological polar surface area (TPSA) is 23.8 Å². The first-order valence-electron chi connectivity index (χ1n) is 2.92. The van der Waals surface area contributed by atoms with Gasteiger partial charge < -0.3 is 0 Å². The molecular weight excluding hydrogens is 245 g/mol. The molecule has 0 aliphatic heterocycles. The highest BCUT2D eigenvalue weighted by atomic mass is 19.4. The van der Waals surface area contributed by atoms with E-state index >= 15 is 0 Å². The molecule has 0 fully saturated rings. The van der Waals surface area contributed by atoms with E-state index in [1.165, 1.54) is 0 Å². The van der Waals surface area contributed by atoms with Crippen molar-refractivity contribution in [2.75, 3.05) is 0 Å². The van der Waals surface area contributed by atoms with Crippen molar-refractivity contribution in [3.63, 3.8) is 0 Å². The minimum atomic E-state index is -6.99. The minimum absolute atomic E-state index is 0.604. The molecule has 0 heterocycles. The SMILES string of the molecule is N#CC(F)(F)C(F)(F)C(F)(F)C(F)(F)F. The van der Waals surface area contributed by atoms with Gasteiger partial charge in [0.2, 0.25) is 0 Å². The molecule has 88 valence electrons. The fraction of sp³-hybridized carbons (Fsp3) is 0.800. The van der Waals surface area contributed by atoms with Crippen LogP contribution in [0, 0.1) is 11.3 Å². The standard InChI is InChI=1S/C5F9N/c6-2(7,1-15)3(8,9)4(10,11)5(12,13)14. The molecule has 0 aliphatic carbocycles. The molecule has 0 aromatic carbocycles. The molecule has 0 atom stereocenters. The third-order valence-corrected chi connectivity index (χ3v) is 1.29. The van der Waals surface area contributed by atoms with E-state index in [1.54, 1.807) is 0 Å². The van der Waals surface area contributed by atoms with Gasteiger partial charge in [0.05, 0.1) is 0 Å². The van der Waals surface area contributed by atoms with E-state index in [-0.39, 0.29) is 0 Å². The Morgan fingerprint density at radius 2 is 1.00 bits per heavy atom. The molecule has 0 amide bonds. The Bertz CT molecular complexity index is 282. The van der Waals surface area contributed by atoms with E-state index in [2.05, 4.69) is 0 Å². The van der Waals surface area contributed by atoms with Gasteiger partial charge in [-0.15, -0.1) is 0 Å². The summed E-state index contributed by atoms with van der Waals surface area (Å²) in [6.45, 7) is 0. The van der Waals surface area contributed by atoms with Crippen LogP contribution in [0.5, 0.6) is 0 Å². The summed E-state index contributed by atoms with van der Waals surface area (Å²) in [4.78, 5) is 0. The summed E-state index contributed by atoms with van der Waals surface area (Å²) in [6, 6.07) is -0.604. The second-order valence-corrected chi connectivity index (χ2v) is 2.33. The molecule has 0 unspecified atom stereocenters. The molecule has 0 N–H and O–H groups in total. The predicted molar refractivity (Wildman–Crippen MR) is 26.5 cm³/mol. The highest BCUT2D eigenvalue weighted by molar-refractivity contribution is 5.10. The van der Waals surface area contributed by atoms with E-state index < -0.39 is 30.0 Å². The van der Waals surface area contributed by atoms with Crippen LogP contribution in [0.2, 0.25) is 0 Å². The molecule has 0 spiro atoms. The van der Waals surface area contributed by atoms with Crippen LogP contribution in [0.3, 0.4) is 0 Å². The van der Waals surface area contributed by atoms with Gasteiger partial charge in [0.15, 0.2) is 0 Å². The Morgan fingerprint density at radius 1 is 0.667 bits per heavy atom. The zero-order valence-corrected chi connectivity index (χ0v) is 6.35. The third kappa shape index (κ3) is 1.82. The summed E-state index contributed by atoms with van der Waals surface area (Å²) in [6.07, 6.45) is -6.88. The number of rotatable bonds is 2. The number of halogens is 9. The maximum absolute atomic E-state index is 12.0. The van der Waals surface area contributed by atoms with Gasteiger partial charge in [0.1, 0.15) is 6.07 Å². The van der Waals surface area contributed by atoms with Crippen molar-refractivity contribution < 1.29 is 39.5 Å². The quantitative estimate of drug-likeness (QED) is 0.686. The van der Waals surface area contributed by atoms with E-state index in [0.29, 0.717) is 0 Å². The molecule has 0 rings (SSSR count). The van der Waals surface area contributed by atoms with Gasteiger partial charge in [0.25, 0.3) is 0 Å². The van der Waals surface area contributed by atoms with Crippen molar-refractivity contribution in [2.24, 2.45) is 0 Å². The number of nitriles is 1. The van der Waals surface area contributed by atoms with Crippen LogP contribution in [0.4, 0.5) is 39.5 Å². The van der Waals surface area contributed by atoms with Crippen molar-refractivity contribution >= 4 is 0 Å². The molecule has 1 nitrogen and oxygen atoms in total. The van der Waals surface area contributed by atoms with Gasteiger partial charge in [-0.2, -0.15) is 44.8 Å². The Kier molecular flexibility index (Phi) is 2.94. The lowest BCUT2D eigenvalue weighted by Gasteiger charge is -2.30. The van der Waals surface area contributed by atoms with Crippen LogP contribution in [0.1, 0.15) is 0 Å². The van der Waals surface area contributed by atoms with Crippen LogP contribution in [-0.2, 0) is 0 Å². The Balaban J connectivity index is 5.51. The van der Waals surface area contributed by atoms with E-state index in [9.17, 15) is 39.5 Å². The monoisotopic (exact) mass is 245 g/mol. The van der Waals surface area contributed by atoms with Crippen LogP contribution in [0.15, 0.2) is 0 Å². The van der Waals surface area contributed by atoms with Crippen LogP contribution < -0.4 is 0 Å². The molecule has 10 heteroatoms. The summed E-state index contributed by atoms with van der Waals surface area (Å²) in [7, 11) is 0. The molecule has 15 heavy (non-hydrogen) atoms. The first kappa shape index (κ1) is 13.9. The summed E-state index contributed by atoms with van der Waals surface area (Å²) >= 11 is 0. The smallest absolute Gasteiger partial charge is 0.191 e. The van der Waals surface area contributed by atoms with Gasteiger partial charge >= 0.3 is 23.9 Å². The van der Waals surface area contributed by atoms with Crippen molar-refractivity contribution in [3.05, 3.63) is 0 Å². The van der Waals surface area contributed by atoms with E-state index in [4.69, 9.17) is 5.26 Å². The Morgan fingerprint density at radius 3 is 1.20 bits per heavy atom. The van der Waals surface area contributed by atoms with Gasteiger partial charge in [0, 0.05) is 0 Å². The summed E-state index contributed by atoms with van der Waals surface area (Å²) < 4.78 is 106. The van der Waals surface area contributed by atoms with Crippen LogP contribution >= 0.6 is 0 Å². The summed E-state index contributed by atoms with van der Waals surface area (Å²) in [5.74, 6) is -19.9. The highest BCUT2D eigenvalue weighted by Gasteiger charge is 2.82. The van der Waals surface area contributed by atoms with Gasteiger partial charge in [-0.25, -0.2) is 0 Å². The maximum Gasteiger partial charge on any atom is 0.460 e. The van der Waals surface area contributed by atoms with Crippen molar-refractivity contribution in [3.8, 4) is 6.07 Å². The molecule has 0 bridgehead atoms. The fourth-order valence-electron chi connectivity index (χ4n) is 0.445. The van der Waals surface area contributed by atoms with Gasteiger partial charge in [-0.3, -0.25) is 0 Å². The van der Waals surface area contributed by atoms with Crippen molar-refractivity contribution in [2.45, 2.75) is 23.9 Å². The van der Waals surface area contributed by atoms with Gasteiger partial charge in [-0.05, 0) is 0 Å². The fourth-order valence-corrected chi connectivity index (χ4v) is 0.445. The number of nitrogens with zero attached hydrogens (tertiary/aromatic N) is 1. The number of hydrogen-bond donors (Lipinski definition) is 0. The molecule has 0 aromatic heterocycles. The lowest BCUT2D eigenvalue weighted by Crippen LogP contribution is -2.60. The lowest BCUT2D eigenvalue weighted by molar-refractivity contribution is -0.386. The lowest BCUT2D eigenvalue weighted by atomic mass is 10.1. The molecule has 0 radical (unpaired) electrons. The van der Waals surface area contributed by atoms with E-state index in [0.717, 1.165) is 0 Å². The summed E-state index contributed by atoms with van der Waals surface area (Å²) in [5, 5.41) is 7.38. The largest absolute Gasteiger partial charge is 0.460 e. The Hall–Kier alpha value is -1.14. The summed E-state index contributed by atoms with van der Waals surface area (Å²) in [5.41, 5.74) is 0. The average molecular weight is 245 g/mol. The zero-order chi connectivity index (χ0) is 12.7. The normalized spacial score (nSPS) is 14.9. The second-order valence-electron chi connectivity index (χ2n) is 2.33. The third-order valence-electron chi connectivity index (χ3n) is 1.29. The minimum Gasteiger partial charge on any atom is -0.191 e. The average Bonchev–Trinajstić information content (AvgIpc) is 2.01. The van der Waals surface area contributed by atoms with Gasteiger partial charge in [-0.1, -0.05) is 0 Å². The van der Waals surface area contributed by atoms with Crippen molar-refractivity contribution in [1.82, 2.24) is 0 Å². The van der Waals surface area contributed by atoms with Crippen molar-refractivity contribution in [1.29, 1.82) is 5.26 Å². The van der Waals surface area contributed by atoms with Crippen LogP contribution in [0.25, 0.3) is 0 Å². The zero-order valence-electron chi connectivity index (χ0n) is 6.35. The second kappa shape index (κ2) is 3.18. The predicted octanol–water partition coefficient (Wildman–Crippen LogP) is 2.98. The maximum atomic E-state index is 12.0. The van der Waals surface area contributed by atoms with E-state index in [1.807, 2.05) is 0 Å². The molecule has 0 saturated carbocycles. The first-order chi connectivity index (χ1) is 6.31. The molecule has 0 saturated heterocycles. The number of alkyl halides is 9. The number of hydrogen-bond acceptors (Lipinski definition) is 1. The highest BCUT2D eigenvalue weighted by Crippen LogP contribution is 2.52. The Labute approximate surface area is 76.1 Å². The molecule has 0 aromatic rings. The first-order valence-corrected chi connectivity index (χ1v) is 2.92. The molecular formula is C5F9N. The molecule has 0 aliphatic rings. The van der Waals surface area contributed by atoms with Crippen LogP contribution in [-0.4, -0.2) is 23.9 Å².